The van der Waals surface area contributed by atoms with E-state index in [4.69, 9.17) is 32.7 Å². The minimum absolute atomic E-state index is 0.0579. The van der Waals surface area contributed by atoms with Gasteiger partial charge in [-0.1, -0.05) is 71.2 Å². The Morgan fingerprint density at radius 3 is 2.13 bits per heavy atom. The maximum Gasteiger partial charge on any atom is 0.266 e. The van der Waals surface area contributed by atoms with E-state index in [0.29, 0.717) is 46.0 Å². The Kier molecular flexibility index (Phi) is 9.05. The van der Waals surface area contributed by atoms with E-state index in [0.717, 1.165) is 11.1 Å². The van der Waals surface area contributed by atoms with Crippen LogP contribution in [0.3, 0.4) is 0 Å². The molecule has 0 aliphatic carbocycles. The van der Waals surface area contributed by atoms with Crippen molar-refractivity contribution in [1.29, 1.82) is 5.26 Å². The standard InChI is InChI=1S/C31H24Cl2N2O3/c1-21-2-4-22(5-3-21)20-38-30-15-8-24(17-29(30)33)16-25(18-34)31(36)35-27-11-13-28(14-12-27)37-19-23-6-9-26(32)10-7-23/h2-17H,19-20H2,1H3,(H,35,36)/b25-16+. The molecule has 190 valence electrons. The van der Waals surface area contributed by atoms with Gasteiger partial charge in [-0.05, 0) is 78.2 Å². The third kappa shape index (κ3) is 7.63. The van der Waals surface area contributed by atoms with Gasteiger partial charge in [0.15, 0.2) is 0 Å². The van der Waals surface area contributed by atoms with E-state index >= 15 is 0 Å². The van der Waals surface area contributed by atoms with Crippen LogP contribution >= 0.6 is 23.2 Å². The number of ether oxygens (including phenoxy) is 2. The second-order valence-electron chi connectivity index (χ2n) is 8.53. The molecule has 0 aliphatic heterocycles. The molecule has 4 aromatic carbocycles. The van der Waals surface area contributed by atoms with Crippen LogP contribution < -0.4 is 14.8 Å². The smallest absolute Gasteiger partial charge is 0.266 e. The zero-order chi connectivity index (χ0) is 26.9. The van der Waals surface area contributed by atoms with Gasteiger partial charge >= 0.3 is 0 Å². The van der Waals surface area contributed by atoms with Crippen LogP contribution in [-0.4, -0.2) is 5.91 Å². The summed E-state index contributed by atoms with van der Waals surface area (Å²) in [4.78, 5) is 12.7. The van der Waals surface area contributed by atoms with Crippen molar-refractivity contribution in [1.82, 2.24) is 0 Å². The molecular formula is C31H24Cl2N2O3. The molecule has 0 atom stereocenters. The number of amides is 1. The second kappa shape index (κ2) is 12.8. The molecule has 4 aromatic rings. The molecule has 0 unspecified atom stereocenters. The summed E-state index contributed by atoms with van der Waals surface area (Å²) in [6, 6.07) is 29.4. The van der Waals surface area contributed by atoms with Crippen LogP contribution in [0.25, 0.3) is 6.08 Å². The molecule has 0 saturated carbocycles. The molecule has 7 heteroatoms. The lowest BCUT2D eigenvalue weighted by Crippen LogP contribution is -2.13. The zero-order valence-electron chi connectivity index (χ0n) is 20.6. The Labute approximate surface area is 231 Å². The second-order valence-corrected chi connectivity index (χ2v) is 9.37. The summed E-state index contributed by atoms with van der Waals surface area (Å²) in [5.41, 5.74) is 4.28. The van der Waals surface area contributed by atoms with Gasteiger partial charge in [-0.15, -0.1) is 0 Å². The predicted molar refractivity (Wildman–Crippen MR) is 151 cm³/mol. The molecule has 0 aliphatic rings. The number of nitrogens with zero attached hydrogens (tertiary/aromatic N) is 1. The van der Waals surface area contributed by atoms with Crippen molar-refractivity contribution >= 4 is 40.9 Å². The number of benzene rings is 4. The molecule has 0 bridgehead atoms. The van der Waals surface area contributed by atoms with Crippen molar-refractivity contribution in [2.24, 2.45) is 0 Å². The molecule has 0 aromatic heterocycles. The number of hydrogen-bond acceptors (Lipinski definition) is 4. The van der Waals surface area contributed by atoms with Gasteiger partial charge in [0.1, 0.15) is 36.4 Å². The lowest BCUT2D eigenvalue weighted by molar-refractivity contribution is -0.112. The Balaban J connectivity index is 1.34. The van der Waals surface area contributed by atoms with Crippen molar-refractivity contribution in [3.05, 3.63) is 129 Å². The number of anilines is 1. The summed E-state index contributed by atoms with van der Waals surface area (Å²) < 4.78 is 11.6. The van der Waals surface area contributed by atoms with Crippen LogP contribution in [0.15, 0.2) is 96.6 Å². The van der Waals surface area contributed by atoms with E-state index in [1.807, 2.05) is 61.5 Å². The number of hydrogen-bond donors (Lipinski definition) is 1. The monoisotopic (exact) mass is 542 g/mol. The van der Waals surface area contributed by atoms with Gasteiger partial charge in [0.25, 0.3) is 5.91 Å². The molecule has 5 nitrogen and oxygen atoms in total. The molecule has 0 spiro atoms. The largest absolute Gasteiger partial charge is 0.489 e. The first-order chi connectivity index (χ1) is 18.4. The highest BCUT2D eigenvalue weighted by atomic mass is 35.5. The number of carbonyl (C=O) groups is 1. The van der Waals surface area contributed by atoms with Gasteiger partial charge in [-0.2, -0.15) is 5.26 Å². The Morgan fingerprint density at radius 2 is 1.50 bits per heavy atom. The summed E-state index contributed by atoms with van der Waals surface area (Å²) in [7, 11) is 0. The highest BCUT2D eigenvalue weighted by molar-refractivity contribution is 6.32. The summed E-state index contributed by atoms with van der Waals surface area (Å²) >= 11 is 12.3. The van der Waals surface area contributed by atoms with Crippen molar-refractivity contribution < 1.29 is 14.3 Å². The predicted octanol–water partition coefficient (Wildman–Crippen LogP) is 8.01. The van der Waals surface area contributed by atoms with Crippen molar-refractivity contribution in [3.8, 4) is 17.6 Å². The van der Waals surface area contributed by atoms with Gasteiger partial charge in [-0.25, -0.2) is 0 Å². The molecule has 0 fully saturated rings. The molecule has 0 radical (unpaired) electrons. The minimum Gasteiger partial charge on any atom is -0.489 e. The first kappa shape index (κ1) is 26.8. The normalized spacial score (nSPS) is 10.9. The van der Waals surface area contributed by atoms with E-state index in [-0.39, 0.29) is 5.57 Å². The van der Waals surface area contributed by atoms with Crippen LogP contribution in [0.4, 0.5) is 5.69 Å². The van der Waals surface area contributed by atoms with E-state index < -0.39 is 5.91 Å². The highest BCUT2D eigenvalue weighted by Crippen LogP contribution is 2.27. The molecular weight excluding hydrogens is 519 g/mol. The maximum atomic E-state index is 12.7. The Morgan fingerprint density at radius 1 is 0.868 bits per heavy atom. The van der Waals surface area contributed by atoms with Crippen molar-refractivity contribution in [2.45, 2.75) is 20.1 Å². The van der Waals surface area contributed by atoms with Crippen LogP contribution in [0.2, 0.25) is 10.0 Å². The third-order valence-electron chi connectivity index (χ3n) is 5.58. The van der Waals surface area contributed by atoms with E-state index in [1.165, 1.54) is 11.6 Å². The number of nitriles is 1. The summed E-state index contributed by atoms with van der Waals surface area (Å²) in [5, 5.41) is 13.4. The van der Waals surface area contributed by atoms with Gasteiger partial charge in [0.2, 0.25) is 0 Å². The van der Waals surface area contributed by atoms with Crippen LogP contribution in [-0.2, 0) is 18.0 Å². The molecule has 4 rings (SSSR count). The number of halogens is 2. The van der Waals surface area contributed by atoms with Crippen LogP contribution in [0.5, 0.6) is 11.5 Å². The average Bonchev–Trinajstić information content (AvgIpc) is 2.92. The quantitative estimate of drug-likeness (QED) is 0.172. The molecule has 1 amide bonds. The highest BCUT2D eigenvalue weighted by Gasteiger charge is 2.11. The van der Waals surface area contributed by atoms with Gasteiger partial charge in [-0.3, -0.25) is 4.79 Å². The number of rotatable bonds is 9. The number of aryl methyl sites for hydroxylation is 1. The Hall–Kier alpha value is -4.24. The topological polar surface area (TPSA) is 71.3 Å². The SMILES string of the molecule is Cc1ccc(COc2ccc(/C=C(\C#N)C(=O)Nc3ccc(OCc4ccc(Cl)cc4)cc3)cc2Cl)cc1. The fraction of sp³-hybridized carbons (Fsp3) is 0.0968. The molecule has 1 N–H and O–H groups in total. The number of nitrogens with one attached hydrogen (secondary N) is 1. The fourth-order valence-corrected chi connectivity index (χ4v) is 3.83. The summed E-state index contributed by atoms with van der Waals surface area (Å²) in [6.45, 7) is 2.80. The van der Waals surface area contributed by atoms with E-state index in [2.05, 4.69) is 5.32 Å². The summed E-state index contributed by atoms with van der Waals surface area (Å²) in [6.07, 6.45) is 1.48. The first-order valence-corrected chi connectivity index (χ1v) is 12.5. The lowest BCUT2D eigenvalue weighted by Gasteiger charge is -2.10. The molecule has 0 heterocycles. The Bertz CT molecular complexity index is 1470. The van der Waals surface area contributed by atoms with Gasteiger partial charge in [0.05, 0.1) is 5.02 Å². The van der Waals surface area contributed by atoms with E-state index in [1.54, 1.807) is 42.5 Å². The lowest BCUT2D eigenvalue weighted by atomic mass is 10.1. The average molecular weight is 543 g/mol. The van der Waals surface area contributed by atoms with Crippen LogP contribution in [0, 0.1) is 18.3 Å². The van der Waals surface area contributed by atoms with Crippen LogP contribution in [0.1, 0.15) is 22.3 Å². The maximum absolute atomic E-state index is 12.7. The molecule has 38 heavy (non-hydrogen) atoms. The minimum atomic E-state index is -0.529. The van der Waals surface area contributed by atoms with Gasteiger partial charge in [0, 0.05) is 10.7 Å². The zero-order valence-corrected chi connectivity index (χ0v) is 22.1. The fourth-order valence-electron chi connectivity index (χ4n) is 3.46. The first-order valence-electron chi connectivity index (χ1n) is 11.8. The summed E-state index contributed by atoms with van der Waals surface area (Å²) in [5.74, 6) is 0.636. The molecule has 0 saturated heterocycles. The van der Waals surface area contributed by atoms with E-state index in [9.17, 15) is 10.1 Å². The number of carbonyl (C=O) groups excluding carboxylic acids is 1. The van der Waals surface area contributed by atoms with Gasteiger partial charge < -0.3 is 14.8 Å². The van der Waals surface area contributed by atoms with Crippen molar-refractivity contribution in [2.75, 3.05) is 5.32 Å². The third-order valence-corrected chi connectivity index (χ3v) is 6.13. The van der Waals surface area contributed by atoms with Crippen molar-refractivity contribution in [3.63, 3.8) is 0 Å².